The zero-order valence-corrected chi connectivity index (χ0v) is 8.60. The van der Waals surface area contributed by atoms with Crippen molar-refractivity contribution in [3.05, 3.63) is 18.0 Å². The molecule has 0 aliphatic heterocycles. The summed E-state index contributed by atoms with van der Waals surface area (Å²) >= 11 is 0. The van der Waals surface area contributed by atoms with Gasteiger partial charge in [-0.2, -0.15) is 9.78 Å². The number of hydrogen-bond acceptors (Lipinski definition) is 5. The van der Waals surface area contributed by atoms with E-state index in [0.717, 1.165) is 4.68 Å². The normalized spacial score (nSPS) is 9.73. The van der Waals surface area contributed by atoms with E-state index >= 15 is 0 Å². The van der Waals surface area contributed by atoms with Crippen LogP contribution in [0.3, 0.4) is 0 Å². The van der Waals surface area contributed by atoms with Gasteiger partial charge in [-0.3, -0.25) is 0 Å². The standard InChI is InChI=1S/C9H12N2O4/c1-3-14-8(12)7-5-6-10-11(7)9(13)15-4-2/h5-6H,3-4H2,1-2H3. The highest BCUT2D eigenvalue weighted by atomic mass is 16.6. The molecule has 1 aromatic heterocycles. The van der Waals surface area contributed by atoms with E-state index in [1.165, 1.54) is 12.3 Å². The van der Waals surface area contributed by atoms with Gasteiger partial charge in [0.05, 0.1) is 19.4 Å². The lowest BCUT2D eigenvalue weighted by Crippen LogP contribution is -2.21. The van der Waals surface area contributed by atoms with Gasteiger partial charge in [-0.1, -0.05) is 0 Å². The van der Waals surface area contributed by atoms with E-state index in [1.54, 1.807) is 13.8 Å². The van der Waals surface area contributed by atoms with Gasteiger partial charge in [0.25, 0.3) is 0 Å². The van der Waals surface area contributed by atoms with Crippen molar-refractivity contribution in [1.29, 1.82) is 0 Å². The molecular formula is C9H12N2O4. The summed E-state index contributed by atoms with van der Waals surface area (Å²) in [5, 5.41) is 3.68. The molecule has 6 nitrogen and oxygen atoms in total. The minimum atomic E-state index is -0.689. The summed E-state index contributed by atoms with van der Waals surface area (Å²) in [4.78, 5) is 22.7. The second-order valence-electron chi connectivity index (χ2n) is 2.55. The minimum absolute atomic E-state index is 0.0651. The summed E-state index contributed by atoms with van der Waals surface area (Å²) in [6.07, 6.45) is 0.647. The van der Waals surface area contributed by atoms with Crippen LogP contribution in [0, 0.1) is 0 Å². The Kier molecular flexibility index (Phi) is 3.84. The van der Waals surface area contributed by atoms with E-state index in [1.807, 2.05) is 0 Å². The maximum atomic E-state index is 11.3. The van der Waals surface area contributed by atoms with Crippen LogP contribution in [-0.2, 0) is 9.47 Å². The maximum Gasteiger partial charge on any atom is 0.435 e. The molecule has 6 heteroatoms. The molecule has 0 bridgehead atoms. The summed E-state index contributed by atoms with van der Waals surface area (Å²) < 4.78 is 10.3. The predicted molar refractivity (Wildman–Crippen MR) is 50.6 cm³/mol. The first-order valence-corrected chi connectivity index (χ1v) is 4.59. The quantitative estimate of drug-likeness (QED) is 0.701. The van der Waals surface area contributed by atoms with Crippen molar-refractivity contribution >= 4 is 12.1 Å². The van der Waals surface area contributed by atoms with Crippen molar-refractivity contribution < 1.29 is 19.1 Å². The Hall–Kier alpha value is -1.85. The van der Waals surface area contributed by atoms with Gasteiger partial charge >= 0.3 is 12.1 Å². The Bertz CT molecular complexity index is 326. The van der Waals surface area contributed by atoms with Crippen LogP contribution in [0.15, 0.2) is 12.3 Å². The van der Waals surface area contributed by atoms with Crippen molar-refractivity contribution in [2.45, 2.75) is 13.8 Å². The average Bonchev–Trinajstić information content (AvgIpc) is 2.66. The third-order valence-corrected chi connectivity index (χ3v) is 1.57. The van der Waals surface area contributed by atoms with E-state index in [-0.39, 0.29) is 18.9 Å². The summed E-state index contributed by atoms with van der Waals surface area (Å²) in [6, 6.07) is 1.40. The van der Waals surface area contributed by atoms with E-state index in [9.17, 15) is 9.59 Å². The number of esters is 1. The van der Waals surface area contributed by atoms with Gasteiger partial charge in [-0.25, -0.2) is 9.59 Å². The number of carbonyl (C=O) groups excluding carboxylic acids is 2. The van der Waals surface area contributed by atoms with E-state index in [4.69, 9.17) is 9.47 Å². The van der Waals surface area contributed by atoms with Crippen molar-refractivity contribution in [3.8, 4) is 0 Å². The largest absolute Gasteiger partial charge is 0.461 e. The monoisotopic (exact) mass is 212 g/mol. The lowest BCUT2D eigenvalue weighted by Gasteiger charge is -2.04. The van der Waals surface area contributed by atoms with Crippen LogP contribution in [0.4, 0.5) is 4.79 Å². The van der Waals surface area contributed by atoms with Crippen molar-refractivity contribution in [2.24, 2.45) is 0 Å². The molecule has 15 heavy (non-hydrogen) atoms. The maximum absolute atomic E-state index is 11.3. The molecule has 0 fully saturated rings. The highest BCUT2D eigenvalue weighted by molar-refractivity contribution is 5.91. The predicted octanol–water partition coefficient (Wildman–Crippen LogP) is 1.06. The summed E-state index contributed by atoms with van der Waals surface area (Å²) in [7, 11) is 0. The highest BCUT2D eigenvalue weighted by Gasteiger charge is 2.18. The number of nitrogens with zero attached hydrogens (tertiary/aromatic N) is 2. The highest BCUT2D eigenvalue weighted by Crippen LogP contribution is 2.02. The molecule has 0 atom stereocenters. The Morgan fingerprint density at radius 2 is 2.00 bits per heavy atom. The second kappa shape index (κ2) is 5.14. The Morgan fingerprint density at radius 1 is 1.33 bits per heavy atom. The number of carbonyl (C=O) groups is 2. The minimum Gasteiger partial charge on any atom is -0.461 e. The molecule has 0 N–H and O–H groups in total. The van der Waals surface area contributed by atoms with Crippen LogP contribution in [0.2, 0.25) is 0 Å². The molecule has 0 saturated carbocycles. The van der Waals surface area contributed by atoms with Gasteiger partial charge in [0, 0.05) is 0 Å². The Morgan fingerprint density at radius 3 is 2.60 bits per heavy atom. The summed E-state index contributed by atoms with van der Waals surface area (Å²) in [5.41, 5.74) is 0.0651. The number of hydrogen-bond donors (Lipinski definition) is 0. The molecule has 0 aliphatic carbocycles. The van der Waals surface area contributed by atoms with Gasteiger partial charge in [0.15, 0.2) is 5.69 Å². The van der Waals surface area contributed by atoms with Crippen LogP contribution in [0.1, 0.15) is 24.3 Å². The van der Waals surface area contributed by atoms with E-state index < -0.39 is 12.1 Å². The van der Waals surface area contributed by atoms with Crippen LogP contribution in [0.25, 0.3) is 0 Å². The lowest BCUT2D eigenvalue weighted by molar-refractivity contribution is 0.0509. The summed E-state index contributed by atoms with van der Waals surface area (Å²) in [5.74, 6) is -0.594. The first kappa shape index (κ1) is 11.2. The fourth-order valence-corrected chi connectivity index (χ4v) is 0.993. The average molecular weight is 212 g/mol. The molecule has 0 radical (unpaired) electrons. The molecule has 1 aromatic rings. The zero-order chi connectivity index (χ0) is 11.3. The molecule has 1 rings (SSSR count). The van der Waals surface area contributed by atoms with Crippen LogP contribution >= 0.6 is 0 Å². The third-order valence-electron chi connectivity index (χ3n) is 1.57. The summed E-state index contributed by atoms with van der Waals surface area (Å²) in [6.45, 7) is 3.82. The Balaban J connectivity index is 2.86. The molecule has 0 spiro atoms. The molecule has 0 amide bonds. The molecule has 0 saturated heterocycles. The topological polar surface area (TPSA) is 70.4 Å². The smallest absolute Gasteiger partial charge is 0.435 e. The molecule has 82 valence electrons. The van der Waals surface area contributed by atoms with Crippen LogP contribution in [0.5, 0.6) is 0 Å². The molecular weight excluding hydrogens is 200 g/mol. The fourth-order valence-electron chi connectivity index (χ4n) is 0.993. The number of rotatable bonds is 3. The molecule has 1 heterocycles. The third kappa shape index (κ3) is 2.55. The molecule has 0 aromatic carbocycles. The van der Waals surface area contributed by atoms with Crippen LogP contribution in [-0.4, -0.2) is 35.1 Å². The van der Waals surface area contributed by atoms with Crippen LogP contribution < -0.4 is 0 Å². The first-order chi connectivity index (χ1) is 7.20. The van der Waals surface area contributed by atoms with Crippen molar-refractivity contribution in [1.82, 2.24) is 9.78 Å². The van der Waals surface area contributed by atoms with Gasteiger partial charge in [0.1, 0.15) is 0 Å². The number of ether oxygens (including phenoxy) is 2. The first-order valence-electron chi connectivity index (χ1n) is 4.59. The van der Waals surface area contributed by atoms with Crippen molar-refractivity contribution in [2.75, 3.05) is 13.2 Å². The van der Waals surface area contributed by atoms with Crippen molar-refractivity contribution in [3.63, 3.8) is 0 Å². The van der Waals surface area contributed by atoms with Gasteiger partial charge in [-0.15, -0.1) is 0 Å². The van der Waals surface area contributed by atoms with Gasteiger partial charge in [-0.05, 0) is 19.9 Å². The van der Waals surface area contributed by atoms with E-state index in [0.29, 0.717) is 0 Å². The molecule has 0 aliphatic rings. The Labute approximate surface area is 86.8 Å². The molecule has 0 unspecified atom stereocenters. The fraction of sp³-hybridized carbons (Fsp3) is 0.444. The second-order valence-corrected chi connectivity index (χ2v) is 2.55. The van der Waals surface area contributed by atoms with Gasteiger partial charge in [0.2, 0.25) is 0 Å². The SMILES string of the molecule is CCOC(=O)c1ccnn1C(=O)OCC. The number of aromatic nitrogens is 2. The van der Waals surface area contributed by atoms with E-state index in [2.05, 4.69) is 5.10 Å². The lowest BCUT2D eigenvalue weighted by atomic mass is 10.4. The zero-order valence-electron chi connectivity index (χ0n) is 8.60. The van der Waals surface area contributed by atoms with Gasteiger partial charge < -0.3 is 9.47 Å².